The van der Waals surface area contributed by atoms with Crippen LogP contribution >= 0.6 is 0 Å². The fourth-order valence-corrected chi connectivity index (χ4v) is 3.40. The van der Waals surface area contributed by atoms with Gasteiger partial charge in [-0.05, 0) is 39.7 Å². The first kappa shape index (κ1) is 14.3. The first-order valence-corrected chi connectivity index (χ1v) is 7.47. The van der Waals surface area contributed by atoms with E-state index in [0.717, 1.165) is 25.8 Å². The molecule has 1 saturated heterocycles. The predicted molar refractivity (Wildman–Crippen MR) is 73.8 cm³/mol. The Morgan fingerprint density at radius 3 is 2.28 bits per heavy atom. The van der Waals surface area contributed by atoms with E-state index in [2.05, 4.69) is 39.9 Å². The Balaban J connectivity index is 1.84. The number of hydrogen-bond acceptors (Lipinski definition) is 3. The van der Waals surface area contributed by atoms with Crippen LogP contribution in [-0.2, 0) is 9.47 Å². The highest BCUT2D eigenvalue weighted by atomic mass is 16.5. The zero-order valence-electron chi connectivity index (χ0n) is 12.5. The molecule has 1 aliphatic heterocycles. The minimum atomic E-state index is 0.265. The van der Waals surface area contributed by atoms with Crippen LogP contribution in [0.2, 0.25) is 0 Å². The minimum Gasteiger partial charge on any atom is -0.375 e. The molecule has 2 fully saturated rings. The zero-order valence-corrected chi connectivity index (χ0v) is 12.5. The molecule has 4 unspecified atom stereocenters. The van der Waals surface area contributed by atoms with Crippen LogP contribution in [-0.4, -0.2) is 37.0 Å². The molecule has 0 aromatic carbocycles. The molecule has 0 bridgehead atoms. The molecule has 4 atom stereocenters. The molecule has 2 aliphatic rings. The largest absolute Gasteiger partial charge is 0.375 e. The molecule has 0 amide bonds. The Kier molecular flexibility index (Phi) is 4.35. The smallest absolute Gasteiger partial charge is 0.0659 e. The maximum absolute atomic E-state index is 6.34. The van der Waals surface area contributed by atoms with Crippen LogP contribution in [0.25, 0.3) is 0 Å². The Morgan fingerprint density at radius 1 is 1.17 bits per heavy atom. The van der Waals surface area contributed by atoms with Gasteiger partial charge in [0.25, 0.3) is 0 Å². The lowest BCUT2D eigenvalue weighted by molar-refractivity contribution is -0.183. The average molecular weight is 255 g/mol. The summed E-state index contributed by atoms with van der Waals surface area (Å²) in [7, 11) is 0. The van der Waals surface area contributed by atoms with Gasteiger partial charge in [0.15, 0.2) is 0 Å². The molecule has 3 nitrogen and oxygen atoms in total. The van der Waals surface area contributed by atoms with E-state index in [0.29, 0.717) is 30.5 Å². The SMILES string of the molecule is CCNC1CC(OC2CC(C)OC(C)C2)C1(C)C. The Hall–Kier alpha value is -0.120. The Bertz CT molecular complexity index is 270. The molecule has 106 valence electrons. The van der Waals surface area contributed by atoms with E-state index in [1.54, 1.807) is 0 Å². The molecule has 2 rings (SSSR count). The standard InChI is InChI=1S/C15H29NO2/c1-6-16-13-9-14(15(13,4)5)18-12-7-10(2)17-11(3)8-12/h10-14,16H,6-9H2,1-5H3. The van der Waals surface area contributed by atoms with Crippen molar-refractivity contribution >= 4 is 0 Å². The van der Waals surface area contributed by atoms with Crippen molar-refractivity contribution in [3.05, 3.63) is 0 Å². The summed E-state index contributed by atoms with van der Waals surface area (Å²) in [5.74, 6) is 0. The van der Waals surface area contributed by atoms with Gasteiger partial charge in [-0.2, -0.15) is 0 Å². The lowest BCUT2D eigenvalue weighted by atomic mass is 9.64. The normalized spacial score (nSPS) is 43.5. The second-order valence-corrected chi connectivity index (χ2v) is 6.64. The van der Waals surface area contributed by atoms with Gasteiger partial charge in [-0.25, -0.2) is 0 Å². The van der Waals surface area contributed by atoms with E-state index < -0.39 is 0 Å². The van der Waals surface area contributed by atoms with Gasteiger partial charge in [-0.3, -0.25) is 0 Å². The Labute approximate surface area is 112 Å². The third-order valence-corrected chi connectivity index (χ3v) is 4.64. The molecule has 0 radical (unpaired) electrons. The maximum atomic E-state index is 6.34. The first-order chi connectivity index (χ1) is 8.43. The first-order valence-electron chi connectivity index (χ1n) is 7.47. The highest BCUT2D eigenvalue weighted by molar-refractivity contribution is 5.03. The summed E-state index contributed by atoms with van der Waals surface area (Å²) in [6.45, 7) is 12.2. The molecule has 1 N–H and O–H groups in total. The summed E-state index contributed by atoms with van der Waals surface area (Å²) < 4.78 is 12.1. The lowest BCUT2D eigenvalue weighted by Crippen LogP contribution is -2.61. The van der Waals surface area contributed by atoms with Crippen LogP contribution in [0.3, 0.4) is 0 Å². The van der Waals surface area contributed by atoms with Gasteiger partial charge < -0.3 is 14.8 Å². The lowest BCUT2D eigenvalue weighted by Gasteiger charge is -2.53. The van der Waals surface area contributed by atoms with E-state index in [4.69, 9.17) is 9.47 Å². The molecule has 0 aromatic rings. The van der Waals surface area contributed by atoms with Gasteiger partial charge in [0.1, 0.15) is 0 Å². The van der Waals surface area contributed by atoms with E-state index in [1.165, 1.54) is 0 Å². The number of nitrogens with one attached hydrogen (secondary N) is 1. The highest BCUT2D eigenvalue weighted by Crippen LogP contribution is 2.44. The Morgan fingerprint density at radius 2 is 1.78 bits per heavy atom. The summed E-state index contributed by atoms with van der Waals surface area (Å²) in [6.07, 6.45) is 4.71. The van der Waals surface area contributed by atoms with Crippen molar-refractivity contribution in [1.29, 1.82) is 0 Å². The van der Waals surface area contributed by atoms with Gasteiger partial charge >= 0.3 is 0 Å². The molecule has 0 aromatic heterocycles. The predicted octanol–water partition coefficient (Wildman–Crippen LogP) is 2.74. The van der Waals surface area contributed by atoms with Crippen LogP contribution in [0.15, 0.2) is 0 Å². The monoisotopic (exact) mass is 255 g/mol. The molecule has 3 heteroatoms. The van der Waals surface area contributed by atoms with Crippen molar-refractivity contribution < 1.29 is 9.47 Å². The number of ether oxygens (including phenoxy) is 2. The maximum Gasteiger partial charge on any atom is 0.0659 e. The zero-order chi connectivity index (χ0) is 13.3. The van der Waals surface area contributed by atoms with Gasteiger partial charge in [0.2, 0.25) is 0 Å². The van der Waals surface area contributed by atoms with Crippen LogP contribution in [0.5, 0.6) is 0 Å². The molecular formula is C15H29NO2. The average Bonchev–Trinajstić information content (AvgIpc) is 2.26. The van der Waals surface area contributed by atoms with Gasteiger partial charge in [-0.1, -0.05) is 20.8 Å². The summed E-state index contributed by atoms with van der Waals surface area (Å²) in [5, 5.41) is 3.55. The second-order valence-electron chi connectivity index (χ2n) is 6.64. The van der Waals surface area contributed by atoms with Crippen molar-refractivity contribution in [2.45, 2.75) is 84.3 Å². The molecule has 0 spiro atoms. The summed E-state index contributed by atoms with van der Waals surface area (Å²) >= 11 is 0. The quantitative estimate of drug-likeness (QED) is 0.838. The molecule has 1 saturated carbocycles. The fourth-order valence-electron chi connectivity index (χ4n) is 3.40. The van der Waals surface area contributed by atoms with Crippen molar-refractivity contribution in [2.75, 3.05) is 6.54 Å². The summed E-state index contributed by atoms with van der Waals surface area (Å²) in [5.41, 5.74) is 0.265. The van der Waals surface area contributed by atoms with Crippen LogP contribution in [0, 0.1) is 5.41 Å². The van der Waals surface area contributed by atoms with Crippen LogP contribution in [0.1, 0.15) is 53.9 Å². The van der Waals surface area contributed by atoms with Crippen LogP contribution < -0.4 is 5.32 Å². The number of rotatable bonds is 4. The number of hydrogen-bond donors (Lipinski definition) is 1. The van der Waals surface area contributed by atoms with Gasteiger partial charge in [0.05, 0.1) is 24.4 Å². The fraction of sp³-hybridized carbons (Fsp3) is 1.00. The van der Waals surface area contributed by atoms with E-state index in [1.807, 2.05) is 0 Å². The summed E-state index contributed by atoms with van der Waals surface area (Å²) in [4.78, 5) is 0. The van der Waals surface area contributed by atoms with Crippen molar-refractivity contribution in [2.24, 2.45) is 5.41 Å². The molecular weight excluding hydrogens is 226 g/mol. The van der Waals surface area contributed by atoms with Gasteiger partial charge in [0, 0.05) is 11.5 Å². The molecule has 18 heavy (non-hydrogen) atoms. The van der Waals surface area contributed by atoms with Crippen molar-refractivity contribution in [3.8, 4) is 0 Å². The van der Waals surface area contributed by atoms with E-state index in [-0.39, 0.29) is 5.41 Å². The third kappa shape index (κ3) is 2.89. The van der Waals surface area contributed by atoms with Gasteiger partial charge in [-0.15, -0.1) is 0 Å². The topological polar surface area (TPSA) is 30.5 Å². The second kappa shape index (κ2) is 5.48. The summed E-state index contributed by atoms with van der Waals surface area (Å²) in [6, 6.07) is 0.613. The molecule has 1 heterocycles. The van der Waals surface area contributed by atoms with Crippen molar-refractivity contribution in [3.63, 3.8) is 0 Å². The third-order valence-electron chi connectivity index (χ3n) is 4.64. The highest BCUT2D eigenvalue weighted by Gasteiger charge is 2.49. The van der Waals surface area contributed by atoms with E-state index >= 15 is 0 Å². The van der Waals surface area contributed by atoms with Crippen molar-refractivity contribution in [1.82, 2.24) is 5.32 Å². The van der Waals surface area contributed by atoms with Crippen LogP contribution in [0.4, 0.5) is 0 Å². The minimum absolute atomic E-state index is 0.265. The molecule has 1 aliphatic carbocycles. The van der Waals surface area contributed by atoms with E-state index in [9.17, 15) is 0 Å².